The molecule has 0 unspecified atom stereocenters. The Kier molecular flexibility index (Phi) is 3.71. The van der Waals surface area contributed by atoms with Crippen LogP contribution in [0.4, 0.5) is 0 Å². The maximum atomic E-state index is 11.9. The number of fused-ring (bicyclic) bond motifs is 1. The van der Waals surface area contributed by atoms with Gasteiger partial charge in [-0.1, -0.05) is 18.2 Å². The lowest BCUT2D eigenvalue weighted by atomic mass is 10.1. The highest BCUT2D eigenvalue weighted by molar-refractivity contribution is 7.91. The average molecular weight is 307 g/mol. The van der Waals surface area contributed by atoms with Gasteiger partial charge in [0.2, 0.25) is 5.91 Å². The van der Waals surface area contributed by atoms with Gasteiger partial charge in [-0.15, -0.1) is 0 Å². The van der Waals surface area contributed by atoms with Gasteiger partial charge in [0.05, 0.1) is 17.4 Å². The molecule has 1 amide bonds. The van der Waals surface area contributed by atoms with Crippen molar-refractivity contribution in [1.82, 2.24) is 5.32 Å². The SMILES string of the molecule is O=C(NCCc1cc2ccccc2o1)[C@H]1CCS(=O)(=O)C1. The van der Waals surface area contributed by atoms with E-state index < -0.39 is 15.8 Å². The smallest absolute Gasteiger partial charge is 0.224 e. The summed E-state index contributed by atoms with van der Waals surface area (Å²) >= 11 is 0. The van der Waals surface area contributed by atoms with Crippen LogP contribution in [0.5, 0.6) is 0 Å². The van der Waals surface area contributed by atoms with E-state index in [1.54, 1.807) is 0 Å². The van der Waals surface area contributed by atoms with E-state index in [2.05, 4.69) is 5.32 Å². The second-order valence-electron chi connectivity index (χ2n) is 5.39. The first-order valence-corrected chi connectivity index (χ1v) is 8.81. The average Bonchev–Trinajstić information content (AvgIpc) is 3.01. The topological polar surface area (TPSA) is 76.4 Å². The van der Waals surface area contributed by atoms with Crippen molar-refractivity contribution in [2.75, 3.05) is 18.1 Å². The molecule has 6 heteroatoms. The molecule has 0 aliphatic carbocycles. The summed E-state index contributed by atoms with van der Waals surface area (Å²) in [5.41, 5.74) is 0.834. The molecule has 1 aromatic heterocycles. The minimum Gasteiger partial charge on any atom is -0.461 e. The van der Waals surface area contributed by atoms with Crippen molar-refractivity contribution in [2.45, 2.75) is 12.8 Å². The van der Waals surface area contributed by atoms with Gasteiger partial charge in [0.1, 0.15) is 11.3 Å². The van der Waals surface area contributed by atoms with E-state index in [-0.39, 0.29) is 17.4 Å². The Bertz CT molecular complexity index is 730. The van der Waals surface area contributed by atoms with Crippen LogP contribution in [0.1, 0.15) is 12.2 Å². The molecule has 1 saturated heterocycles. The molecule has 5 nitrogen and oxygen atoms in total. The summed E-state index contributed by atoms with van der Waals surface area (Å²) in [6.45, 7) is 0.454. The standard InChI is InChI=1S/C15H17NO4S/c17-15(12-6-8-21(18,19)10-12)16-7-5-13-9-11-3-1-2-4-14(11)20-13/h1-4,9,12H,5-8,10H2,(H,16,17)/t12-/m0/s1. The molecular weight excluding hydrogens is 290 g/mol. The lowest BCUT2D eigenvalue weighted by Gasteiger charge is -2.08. The molecule has 1 aliphatic heterocycles. The highest BCUT2D eigenvalue weighted by atomic mass is 32.2. The Morgan fingerprint density at radius 3 is 2.86 bits per heavy atom. The molecule has 0 spiro atoms. The first-order chi connectivity index (χ1) is 10.0. The van der Waals surface area contributed by atoms with Crippen LogP contribution in [0.2, 0.25) is 0 Å². The maximum absolute atomic E-state index is 11.9. The van der Waals surface area contributed by atoms with E-state index in [9.17, 15) is 13.2 Å². The highest BCUT2D eigenvalue weighted by Crippen LogP contribution is 2.20. The molecule has 1 fully saturated rings. The Morgan fingerprint density at radius 2 is 2.14 bits per heavy atom. The molecule has 21 heavy (non-hydrogen) atoms. The third-order valence-electron chi connectivity index (χ3n) is 3.75. The number of nitrogens with one attached hydrogen (secondary N) is 1. The molecule has 1 N–H and O–H groups in total. The summed E-state index contributed by atoms with van der Waals surface area (Å²) in [5, 5.41) is 3.83. The van der Waals surface area contributed by atoms with Crippen molar-refractivity contribution in [3.05, 3.63) is 36.1 Å². The van der Waals surface area contributed by atoms with Gasteiger partial charge in [-0.3, -0.25) is 4.79 Å². The fourth-order valence-corrected chi connectivity index (χ4v) is 4.36. The van der Waals surface area contributed by atoms with Crippen molar-refractivity contribution in [2.24, 2.45) is 5.92 Å². The number of para-hydroxylation sites is 1. The number of amides is 1. The summed E-state index contributed by atoms with van der Waals surface area (Å²) in [7, 11) is -3.01. The summed E-state index contributed by atoms with van der Waals surface area (Å²) in [4.78, 5) is 11.9. The van der Waals surface area contributed by atoms with Gasteiger partial charge in [0.15, 0.2) is 9.84 Å². The molecule has 2 heterocycles. The van der Waals surface area contributed by atoms with Crippen molar-refractivity contribution in [3.8, 4) is 0 Å². The Morgan fingerprint density at radius 1 is 1.33 bits per heavy atom. The van der Waals surface area contributed by atoms with Gasteiger partial charge >= 0.3 is 0 Å². The van der Waals surface area contributed by atoms with Gasteiger partial charge in [0, 0.05) is 18.4 Å². The molecule has 1 atom stereocenters. The first kappa shape index (κ1) is 14.1. The quantitative estimate of drug-likeness (QED) is 0.929. The second kappa shape index (κ2) is 5.52. The second-order valence-corrected chi connectivity index (χ2v) is 7.62. The minimum absolute atomic E-state index is 0.0243. The summed E-state index contributed by atoms with van der Waals surface area (Å²) in [5.74, 6) is 0.339. The molecule has 1 aliphatic rings. The summed E-state index contributed by atoms with van der Waals surface area (Å²) < 4.78 is 28.4. The molecule has 0 bridgehead atoms. The van der Waals surface area contributed by atoms with Crippen LogP contribution in [0.3, 0.4) is 0 Å². The van der Waals surface area contributed by atoms with Crippen LogP contribution in [-0.4, -0.2) is 32.4 Å². The van der Waals surface area contributed by atoms with E-state index in [0.717, 1.165) is 16.7 Å². The number of furan rings is 1. The molecule has 0 saturated carbocycles. The largest absolute Gasteiger partial charge is 0.461 e. The normalized spacial score (nSPS) is 20.7. The Balaban J connectivity index is 1.53. The minimum atomic E-state index is -3.01. The van der Waals surface area contributed by atoms with Gasteiger partial charge in [0.25, 0.3) is 0 Å². The number of rotatable bonds is 4. The zero-order valence-corrected chi connectivity index (χ0v) is 12.4. The van der Waals surface area contributed by atoms with Gasteiger partial charge < -0.3 is 9.73 Å². The number of hydrogen-bond acceptors (Lipinski definition) is 4. The van der Waals surface area contributed by atoms with Crippen LogP contribution in [0, 0.1) is 5.92 Å². The number of benzene rings is 1. The zero-order chi connectivity index (χ0) is 14.9. The van der Waals surface area contributed by atoms with E-state index in [1.807, 2.05) is 30.3 Å². The predicted octanol–water partition coefficient (Wildman–Crippen LogP) is 1.53. The molecule has 2 aromatic rings. The van der Waals surface area contributed by atoms with Crippen LogP contribution < -0.4 is 5.32 Å². The van der Waals surface area contributed by atoms with Crippen LogP contribution in [0.25, 0.3) is 11.0 Å². The number of carbonyl (C=O) groups excluding carboxylic acids is 1. The van der Waals surface area contributed by atoms with Crippen molar-refractivity contribution >= 4 is 26.7 Å². The molecule has 1 aromatic carbocycles. The molecule has 0 radical (unpaired) electrons. The van der Waals surface area contributed by atoms with E-state index in [1.165, 1.54) is 0 Å². The Labute approximate surface area is 123 Å². The Hall–Kier alpha value is -1.82. The highest BCUT2D eigenvalue weighted by Gasteiger charge is 2.32. The lowest BCUT2D eigenvalue weighted by Crippen LogP contribution is -2.32. The lowest BCUT2D eigenvalue weighted by molar-refractivity contribution is -0.124. The van der Waals surface area contributed by atoms with Crippen molar-refractivity contribution < 1.29 is 17.6 Å². The van der Waals surface area contributed by atoms with Crippen LogP contribution in [0.15, 0.2) is 34.7 Å². The van der Waals surface area contributed by atoms with Gasteiger partial charge in [-0.2, -0.15) is 0 Å². The third-order valence-corrected chi connectivity index (χ3v) is 5.52. The molecular formula is C15H17NO4S. The number of hydrogen-bond donors (Lipinski definition) is 1. The third kappa shape index (κ3) is 3.26. The van der Waals surface area contributed by atoms with Crippen LogP contribution >= 0.6 is 0 Å². The maximum Gasteiger partial charge on any atom is 0.224 e. The van der Waals surface area contributed by atoms with Crippen LogP contribution in [-0.2, 0) is 21.1 Å². The summed E-state index contributed by atoms with van der Waals surface area (Å²) in [6, 6.07) is 9.70. The van der Waals surface area contributed by atoms with Gasteiger partial charge in [-0.05, 0) is 18.6 Å². The fraction of sp³-hybridized carbons (Fsp3) is 0.400. The number of sulfone groups is 1. The van der Waals surface area contributed by atoms with Crippen molar-refractivity contribution in [1.29, 1.82) is 0 Å². The monoisotopic (exact) mass is 307 g/mol. The summed E-state index contributed by atoms with van der Waals surface area (Å²) in [6.07, 6.45) is 1.03. The number of carbonyl (C=O) groups is 1. The fourth-order valence-electron chi connectivity index (χ4n) is 2.62. The molecule has 112 valence electrons. The molecule has 3 rings (SSSR count). The van der Waals surface area contributed by atoms with Gasteiger partial charge in [-0.25, -0.2) is 8.42 Å². The van der Waals surface area contributed by atoms with E-state index in [4.69, 9.17) is 4.42 Å². The predicted molar refractivity (Wildman–Crippen MR) is 79.7 cm³/mol. The van der Waals surface area contributed by atoms with Crippen molar-refractivity contribution in [3.63, 3.8) is 0 Å². The van der Waals surface area contributed by atoms with E-state index in [0.29, 0.717) is 19.4 Å². The first-order valence-electron chi connectivity index (χ1n) is 6.99. The van der Waals surface area contributed by atoms with E-state index >= 15 is 0 Å². The zero-order valence-electron chi connectivity index (χ0n) is 11.5.